The van der Waals surface area contributed by atoms with Gasteiger partial charge in [0.15, 0.2) is 5.82 Å². The number of nitrogens with one attached hydrogen (secondary N) is 1. The van der Waals surface area contributed by atoms with Crippen LogP contribution in [-0.4, -0.2) is 33.0 Å². The van der Waals surface area contributed by atoms with E-state index in [4.69, 9.17) is 4.74 Å². The molecule has 152 valence electrons. The van der Waals surface area contributed by atoms with Gasteiger partial charge >= 0.3 is 0 Å². The number of anilines is 1. The maximum atomic E-state index is 12.6. The Hall–Kier alpha value is -2.80. The van der Waals surface area contributed by atoms with Crippen molar-refractivity contribution in [1.82, 2.24) is 14.8 Å². The highest BCUT2D eigenvalue weighted by Crippen LogP contribution is 2.26. The Kier molecular flexibility index (Phi) is 6.59. The highest BCUT2D eigenvalue weighted by molar-refractivity contribution is 8.00. The molecule has 0 aliphatic rings. The summed E-state index contributed by atoms with van der Waals surface area (Å²) in [5.41, 5.74) is 0.744. The van der Waals surface area contributed by atoms with E-state index in [0.717, 1.165) is 16.3 Å². The predicted molar refractivity (Wildman–Crippen MR) is 117 cm³/mol. The minimum Gasteiger partial charge on any atom is -0.494 e. The van der Waals surface area contributed by atoms with Gasteiger partial charge in [-0.05, 0) is 43.3 Å². The van der Waals surface area contributed by atoms with E-state index in [1.807, 2.05) is 55.5 Å². The molecule has 0 fully saturated rings. The van der Waals surface area contributed by atoms with E-state index < -0.39 is 0 Å². The molecule has 0 saturated carbocycles. The number of pyridine rings is 1. The first-order valence-corrected chi connectivity index (χ1v) is 10.5. The zero-order chi connectivity index (χ0) is 20.9. The Morgan fingerprint density at radius 2 is 1.93 bits per heavy atom. The summed E-state index contributed by atoms with van der Waals surface area (Å²) in [5.74, 6) is 2.31. The van der Waals surface area contributed by atoms with Crippen molar-refractivity contribution in [3.63, 3.8) is 0 Å². The van der Waals surface area contributed by atoms with Gasteiger partial charge in [-0.25, -0.2) is 4.98 Å². The van der Waals surface area contributed by atoms with Crippen molar-refractivity contribution in [3.05, 3.63) is 60.4 Å². The van der Waals surface area contributed by atoms with Crippen LogP contribution in [-0.2, 0) is 10.2 Å². The molecule has 0 saturated heterocycles. The van der Waals surface area contributed by atoms with Crippen LogP contribution in [0, 0.1) is 0 Å². The number of thioether (sulfide) groups is 1. The number of rotatable bonds is 7. The predicted octanol–water partition coefficient (Wildman–Crippen LogP) is 4.69. The van der Waals surface area contributed by atoms with Crippen LogP contribution in [0.4, 0.5) is 5.82 Å². The second-order valence-electron chi connectivity index (χ2n) is 7.51. The normalized spacial score (nSPS) is 11.3. The smallest absolute Gasteiger partial charge is 0.235 e. The quantitative estimate of drug-likeness (QED) is 0.572. The highest BCUT2D eigenvalue weighted by atomic mass is 32.2. The fraction of sp³-hybridized carbons (Fsp3) is 0.318. The van der Waals surface area contributed by atoms with Crippen LogP contribution in [0.15, 0.2) is 59.6 Å². The topological polar surface area (TPSA) is 69.0 Å². The van der Waals surface area contributed by atoms with E-state index in [9.17, 15) is 4.79 Å². The van der Waals surface area contributed by atoms with Crippen molar-refractivity contribution in [2.45, 2.75) is 38.0 Å². The lowest BCUT2D eigenvalue weighted by Crippen LogP contribution is -2.17. The molecule has 0 spiro atoms. The highest BCUT2D eigenvalue weighted by Gasteiger charge is 2.21. The zero-order valence-corrected chi connectivity index (χ0v) is 18.0. The summed E-state index contributed by atoms with van der Waals surface area (Å²) in [4.78, 5) is 18.0. The Morgan fingerprint density at radius 3 is 2.55 bits per heavy atom. The van der Waals surface area contributed by atoms with Crippen molar-refractivity contribution >= 4 is 23.5 Å². The molecule has 0 aliphatic carbocycles. The summed E-state index contributed by atoms with van der Waals surface area (Å²) in [6, 6.07) is 15.3. The summed E-state index contributed by atoms with van der Waals surface area (Å²) in [5, 5.41) is 7.65. The first kappa shape index (κ1) is 20.9. The van der Waals surface area contributed by atoms with Gasteiger partial charge in [0.2, 0.25) is 5.91 Å². The monoisotopic (exact) mass is 410 g/mol. The molecular formula is C22H26N4O2S. The molecule has 0 atom stereocenters. The van der Waals surface area contributed by atoms with E-state index in [-0.39, 0.29) is 11.3 Å². The van der Waals surface area contributed by atoms with E-state index in [1.165, 1.54) is 11.8 Å². The van der Waals surface area contributed by atoms with Crippen molar-refractivity contribution in [2.75, 3.05) is 17.7 Å². The SMILES string of the molecule is CCOc1ccc(SCC(=O)Nc2cc(C(C)(C)C)nn2-c2ccccn2)cc1. The largest absolute Gasteiger partial charge is 0.494 e. The Balaban J connectivity index is 1.71. The number of amides is 1. The zero-order valence-electron chi connectivity index (χ0n) is 17.2. The molecule has 0 aliphatic heterocycles. The van der Waals surface area contributed by atoms with Crippen LogP contribution in [0.5, 0.6) is 5.75 Å². The van der Waals surface area contributed by atoms with E-state index in [1.54, 1.807) is 10.9 Å². The molecule has 1 amide bonds. The first-order chi connectivity index (χ1) is 13.9. The number of hydrogen-bond acceptors (Lipinski definition) is 5. The van der Waals surface area contributed by atoms with Crippen molar-refractivity contribution in [3.8, 4) is 11.6 Å². The number of nitrogens with zero attached hydrogens (tertiary/aromatic N) is 3. The molecule has 2 aromatic heterocycles. The van der Waals surface area contributed by atoms with Crippen LogP contribution >= 0.6 is 11.8 Å². The van der Waals surface area contributed by atoms with Crippen LogP contribution in [0.3, 0.4) is 0 Å². The van der Waals surface area contributed by atoms with Gasteiger partial charge in [0, 0.05) is 22.6 Å². The number of benzene rings is 1. The summed E-state index contributed by atoms with van der Waals surface area (Å²) in [6.45, 7) is 8.85. The van der Waals surface area contributed by atoms with E-state index >= 15 is 0 Å². The molecule has 1 aromatic carbocycles. The maximum absolute atomic E-state index is 12.6. The van der Waals surface area contributed by atoms with Crippen molar-refractivity contribution in [2.24, 2.45) is 0 Å². The lowest BCUT2D eigenvalue weighted by Gasteiger charge is -2.13. The van der Waals surface area contributed by atoms with Gasteiger partial charge in [-0.1, -0.05) is 26.8 Å². The Labute approximate surface area is 175 Å². The third kappa shape index (κ3) is 5.60. The van der Waals surface area contributed by atoms with Crippen LogP contribution in [0.25, 0.3) is 5.82 Å². The van der Waals surface area contributed by atoms with Gasteiger partial charge < -0.3 is 10.1 Å². The second kappa shape index (κ2) is 9.13. The van der Waals surface area contributed by atoms with Crippen LogP contribution < -0.4 is 10.1 Å². The minimum atomic E-state index is -0.142. The lowest BCUT2D eigenvalue weighted by atomic mass is 9.92. The summed E-state index contributed by atoms with van der Waals surface area (Å²) >= 11 is 1.48. The number of carbonyl (C=O) groups is 1. The Morgan fingerprint density at radius 1 is 1.17 bits per heavy atom. The van der Waals surface area contributed by atoms with Crippen LogP contribution in [0.2, 0.25) is 0 Å². The molecule has 0 radical (unpaired) electrons. The third-order valence-electron chi connectivity index (χ3n) is 4.12. The molecule has 1 N–H and O–H groups in total. The van der Waals surface area contributed by atoms with Crippen molar-refractivity contribution in [1.29, 1.82) is 0 Å². The molecule has 2 heterocycles. The van der Waals surface area contributed by atoms with Crippen molar-refractivity contribution < 1.29 is 9.53 Å². The fourth-order valence-corrected chi connectivity index (χ4v) is 3.32. The van der Waals surface area contributed by atoms with E-state index in [2.05, 4.69) is 36.2 Å². The molecule has 0 bridgehead atoms. The fourth-order valence-electron chi connectivity index (χ4n) is 2.62. The van der Waals surface area contributed by atoms with Gasteiger partial charge in [-0.15, -0.1) is 11.8 Å². The molecule has 3 rings (SSSR count). The average Bonchev–Trinajstić information content (AvgIpc) is 3.12. The molecule has 7 heteroatoms. The Bertz CT molecular complexity index is 947. The summed E-state index contributed by atoms with van der Waals surface area (Å²) in [6.07, 6.45) is 1.71. The average molecular weight is 411 g/mol. The molecular weight excluding hydrogens is 384 g/mol. The molecule has 29 heavy (non-hydrogen) atoms. The van der Waals surface area contributed by atoms with Gasteiger partial charge in [0.05, 0.1) is 18.1 Å². The van der Waals surface area contributed by atoms with E-state index in [0.29, 0.717) is 24.0 Å². The van der Waals surface area contributed by atoms with Gasteiger partial charge in [0.1, 0.15) is 11.6 Å². The standard InChI is InChI=1S/C22H26N4O2S/c1-5-28-16-9-11-17(12-10-16)29-15-21(27)24-20-14-18(22(2,3)4)25-26(20)19-8-6-7-13-23-19/h6-14H,5,15H2,1-4H3,(H,24,27). The molecule has 0 unspecified atom stereocenters. The summed E-state index contributed by atoms with van der Waals surface area (Å²) < 4.78 is 7.13. The first-order valence-electron chi connectivity index (χ1n) is 9.54. The number of hydrogen-bond donors (Lipinski definition) is 1. The number of carbonyl (C=O) groups excluding carboxylic acids is 1. The number of aromatic nitrogens is 3. The van der Waals surface area contributed by atoms with Gasteiger partial charge in [-0.3, -0.25) is 4.79 Å². The van der Waals surface area contributed by atoms with Gasteiger partial charge in [-0.2, -0.15) is 9.78 Å². The molecule has 3 aromatic rings. The lowest BCUT2D eigenvalue weighted by molar-refractivity contribution is -0.113. The second-order valence-corrected chi connectivity index (χ2v) is 8.55. The minimum absolute atomic E-state index is 0.0959. The summed E-state index contributed by atoms with van der Waals surface area (Å²) in [7, 11) is 0. The number of ether oxygens (including phenoxy) is 1. The van der Waals surface area contributed by atoms with Crippen LogP contribution in [0.1, 0.15) is 33.4 Å². The third-order valence-corrected chi connectivity index (χ3v) is 5.13. The van der Waals surface area contributed by atoms with Gasteiger partial charge in [0.25, 0.3) is 0 Å². The maximum Gasteiger partial charge on any atom is 0.235 e. The molecule has 6 nitrogen and oxygen atoms in total.